The summed E-state index contributed by atoms with van der Waals surface area (Å²) in [6.07, 6.45) is 1.32. The van der Waals surface area contributed by atoms with Crippen LogP contribution in [0.15, 0.2) is 65.8 Å². The minimum atomic E-state index is -0.933. The van der Waals surface area contributed by atoms with Crippen LogP contribution in [0.1, 0.15) is 28.4 Å². The summed E-state index contributed by atoms with van der Waals surface area (Å²) in [5.41, 5.74) is 4.35. The van der Waals surface area contributed by atoms with Crippen LogP contribution in [0, 0.1) is 6.92 Å². The molecule has 0 aliphatic rings. The zero-order valence-corrected chi connectivity index (χ0v) is 20.3. The Labute approximate surface area is 211 Å². The largest absolute Gasteiger partial charge is 0.490 e. The number of ether oxygens (including phenoxy) is 2. The van der Waals surface area contributed by atoms with Crippen molar-refractivity contribution in [3.05, 3.63) is 87.4 Å². The monoisotopic (exact) mass is 513 g/mol. The van der Waals surface area contributed by atoms with E-state index in [0.717, 1.165) is 5.56 Å². The number of rotatable bonds is 7. The fraction of sp³-hybridized carbons (Fsp3) is 0.120. The van der Waals surface area contributed by atoms with Crippen LogP contribution in [0.2, 0.25) is 10.0 Å². The summed E-state index contributed by atoms with van der Waals surface area (Å²) in [4.78, 5) is 36.5. The van der Waals surface area contributed by atoms with E-state index in [1.54, 1.807) is 31.2 Å². The smallest absolute Gasteiger partial charge is 0.345 e. The van der Waals surface area contributed by atoms with Crippen LogP contribution in [-0.4, -0.2) is 30.6 Å². The van der Waals surface area contributed by atoms with Crippen molar-refractivity contribution in [1.82, 2.24) is 5.43 Å². The number of nitrogens with zero attached hydrogens (tertiary/aromatic N) is 1. The number of esters is 1. The summed E-state index contributed by atoms with van der Waals surface area (Å²) in [5.74, 6) is -2.03. The molecule has 0 aliphatic carbocycles. The average Bonchev–Trinajstić information content (AvgIpc) is 2.82. The van der Waals surface area contributed by atoms with E-state index >= 15 is 0 Å². The molecule has 180 valence electrons. The SMILES string of the molecule is CCOc1cc(/C=N\NC(=O)C(=O)Nc2ccc(C)cc2)ccc1OC(=O)c1ccc(Cl)cc1Cl. The molecule has 0 unspecified atom stereocenters. The number of hydrogen-bond acceptors (Lipinski definition) is 6. The summed E-state index contributed by atoms with van der Waals surface area (Å²) in [6, 6.07) is 16.1. The molecule has 0 saturated carbocycles. The maximum Gasteiger partial charge on any atom is 0.345 e. The number of hydrogen-bond donors (Lipinski definition) is 2. The van der Waals surface area contributed by atoms with Gasteiger partial charge in [-0.3, -0.25) is 9.59 Å². The van der Waals surface area contributed by atoms with Crippen LogP contribution >= 0.6 is 23.2 Å². The number of halogens is 2. The number of benzene rings is 3. The highest BCUT2D eigenvalue weighted by Gasteiger charge is 2.17. The second kappa shape index (κ2) is 12.0. The van der Waals surface area contributed by atoms with E-state index in [4.69, 9.17) is 32.7 Å². The van der Waals surface area contributed by atoms with Gasteiger partial charge in [-0.1, -0.05) is 40.9 Å². The molecule has 35 heavy (non-hydrogen) atoms. The Morgan fingerprint density at radius 2 is 1.69 bits per heavy atom. The molecule has 3 rings (SSSR count). The second-order valence-electron chi connectivity index (χ2n) is 7.17. The van der Waals surface area contributed by atoms with Gasteiger partial charge in [-0.2, -0.15) is 5.10 Å². The summed E-state index contributed by atoms with van der Waals surface area (Å²) in [7, 11) is 0. The topological polar surface area (TPSA) is 106 Å². The molecule has 2 amide bonds. The number of carbonyl (C=O) groups is 3. The molecular weight excluding hydrogens is 493 g/mol. The van der Waals surface area contributed by atoms with E-state index in [9.17, 15) is 14.4 Å². The Balaban J connectivity index is 1.65. The van der Waals surface area contributed by atoms with Crippen molar-refractivity contribution in [2.75, 3.05) is 11.9 Å². The second-order valence-corrected chi connectivity index (χ2v) is 8.02. The van der Waals surface area contributed by atoms with Gasteiger partial charge in [0.15, 0.2) is 11.5 Å². The predicted octanol–water partition coefficient (Wildman–Crippen LogP) is 5.01. The molecule has 0 bridgehead atoms. The van der Waals surface area contributed by atoms with E-state index in [1.165, 1.54) is 30.5 Å². The van der Waals surface area contributed by atoms with Crippen molar-refractivity contribution >= 4 is 52.9 Å². The van der Waals surface area contributed by atoms with Gasteiger partial charge in [0.1, 0.15) is 0 Å². The Morgan fingerprint density at radius 3 is 2.37 bits per heavy atom. The van der Waals surface area contributed by atoms with E-state index < -0.39 is 17.8 Å². The molecule has 3 aromatic carbocycles. The minimum Gasteiger partial charge on any atom is -0.490 e. The summed E-state index contributed by atoms with van der Waals surface area (Å²) in [5, 5.41) is 6.83. The van der Waals surface area contributed by atoms with Crippen molar-refractivity contribution < 1.29 is 23.9 Å². The molecule has 0 heterocycles. The quantitative estimate of drug-likeness (QED) is 0.152. The highest BCUT2D eigenvalue weighted by Crippen LogP contribution is 2.30. The maximum atomic E-state index is 12.5. The Hall–Kier alpha value is -3.88. The first-order chi connectivity index (χ1) is 16.8. The molecule has 0 saturated heterocycles. The molecule has 0 aliphatic heterocycles. The van der Waals surface area contributed by atoms with E-state index in [2.05, 4.69) is 15.8 Å². The number of nitrogens with one attached hydrogen (secondary N) is 2. The van der Waals surface area contributed by atoms with Crippen molar-refractivity contribution in [2.45, 2.75) is 13.8 Å². The van der Waals surface area contributed by atoms with Crippen LogP contribution in [0.3, 0.4) is 0 Å². The molecule has 0 aromatic heterocycles. The predicted molar refractivity (Wildman–Crippen MR) is 135 cm³/mol. The Kier molecular flexibility index (Phi) is 8.83. The lowest BCUT2D eigenvalue weighted by Gasteiger charge is -2.12. The Morgan fingerprint density at radius 1 is 0.943 bits per heavy atom. The molecule has 0 spiro atoms. The van der Waals surface area contributed by atoms with Gasteiger partial charge in [0, 0.05) is 10.7 Å². The van der Waals surface area contributed by atoms with Crippen LogP contribution in [0.25, 0.3) is 0 Å². The molecule has 0 fully saturated rings. The lowest BCUT2D eigenvalue weighted by molar-refractivity contribution is -0.136. The highest BCUT2D eigenvalue weighted by atomic mass is 35.5. The maximum absolute atomic E-state index is 12.5. The molecule has 8 nitrogen and oxygen atoms in total. The number of carbonyl (C=O) groups excluding carboxylic acids is 3. The zero-order chi connectivity index (χ0) is 25.4. The highest BCUT2D eigenvalue weighted by molar-refractivity contribution is 6.39. The van der Waals surface area contributed by atoms with Crippen molar-refractivity contribution in [1.29, 1.82) is 0 Å². The fourth-order valence-electron chi connectivity index (χ4n) is 2.81. The van der Waals surface area contributed by atoms with E-state index in [-0.39, 0.29) is 22.1 Å². The summed E-state index contributed by atoms with van der Waals surface area (Å²) < 4.78 is 11.0. The normalized spacial score (nSPS) is 10.6. The molecule has 0 radical (unpaired) electrons. The fourth-order valence-corrected chi connectivity index (χ4v) is 3.29. The van der Waals surface area contributed by atoms with E-state index in [0.29, 0.717) is 22.9 Å². The molecular formula is C25H21Cl2N3O5. The van der Waals surface area contributed by atoms with Gasteiger partial charge in [0.2, 0.25) is 0 Å². The number of hydrazone groups is 1. The van der Waals surface area contributed by atoms with Crippen LogP contribution < -0.4 is 20.2 Å². The van der Waals surface area contributed by atoms with Crippen molar-refractivity contribution in [3.63, 3.8) is 0 Å². The molecule has 2 N–H and O–H groups in total. The van der Waals surface area contributed by atoms with Crippen molar-refractivity contribution in [2.24, 2.45) is 5.10 Å². The Bertz CT molecular complexity index is 1280. The van der Waals surface area contributed by atoms with E-state index in [1.807, 2.05) is 19.1 Å². The summed E-state index contributed by atoms with van der Waals surface area (Å²) in [6.45, 7) is 3.99. The molecule has 0 atom stereocenters. The van der Waals surface area contributed by atoms with Gasteiger partial charge in [-0.05, 0) is 67.9 Å². The number of anilines is 1. The lowest BCUT2D eigenvalue weighted by Crippen LogP contribution is -2.32. The first kappa shape index (κ1) is 25.7. The van der Waals surface area contributed by atoms with Crippen LogP contribution in [-0.2, 0) is 9.59 Å². The third-order valence-electron chi connectivity index (χ3n) is 4.52. The first-order valence-electron chi connectivity index (χ1n) is 10.4. The van der Waals surface area contributed by atoms with Gasteiger partial charge in [0.05, 0.1) is 23.4 Å². The number of amides is 2. The minimum absolute atomic E-state index is 0.149. The van der Waals surface area contributed by atoms with Gasteiger partial charge in [-0.15, -0.1) is 0 Å². The van der Waals surface area contributed by atoms with Crippen LogP contribution in [0.4, 0.5) is 5.69 Å². The molecule has 10 heteroatoms. The third-order valence-corrected chi connectivity index (χ3v) is 5.06. The van der Waals surface area contributed by atoms with Crippen molar-refractivity contribution in [3.8, 4) is 11.5 Å². The van der Waals surface area contributed by atoms with Gasteiger partial charge in [-0.25, -0.2) is 10.2 Å². The van der Waals surface area contributed by atoms with Gasteiger partial charge in [0.25, 0.3) is 0 Å². The standard InChI is InChI=1S/C25H21Cl2N3O5/c1-3-34-22-12-16(6-11-21(22)35-25(33)19-10-7-17(26)13-20(19)27)14-28-30-24(32)23(31)29-18-8-4-15(2)5-9-18/h4-14H,3H2,1-2H3,(H,29,31)(H,30,32)/b28-14-. The van der Waals surface area contributed by atoms with Gasteiger partial charge >= 0.3 is 17.8 Å². The first-order valence-corrected chi connectivity index (χ1v) is 11.2. The average molecular weight is 514 g/mol. The van der Waals surface area contributed by atoms with Gasteiger partial charge < -0.3 is 14.8 Å². The third kappa shape index (κ3) is 7.30. The lowest BCUT2D eigenvalue weighted by atomic mass is 10.2. The number of aryl methyl sites for hydroxylation is 1. The zero-order valence-electron chi connectivity index (χ0n) is 18.8. The molecule has 3 aromatic rings. The summed E-state index contributed by atoms with van der Waals surface area (Å²) >= 11 is 11.9. The van der Waals surface area contributed by atoms with Crippen LogP contribution in [0.5, 0.6) is 11.5 Å².